The van der Waals surface area contributed by atoms with E-state index in [9.17, 15) is 9.90 Å². The fourth-order valence-electron chi connectivity index (χ4n) is 3.13. The number of nitrogens with one attached hydrogen (secondary N) is 1. The van der Waals surface area contributed by atoms with Gasteiger partial charge in [0.1, 0.15) is 0 Å². The molecule has 0 fully saturated rings. The predicted octanol–water partition coefficient (Wildman–Crippen LogP) is 4.17. The van der Waals surface area contributed by atoms with Crippen molar-refractivity contribution in [1.82, 2.24) is 15.4 Å². The molecule has 7 nitrogen and oxygen atoms in total. The first-order valence-electron chi connectivity index (χ1n) is 9.75. The number of phenols is 1. The fraction of sp³-hybridized carbons (Fsp3) is 0.0833. The number of benzene rings is 2. The maximum absolute atomic E-state index is 12.9. The molecule has 0 saturated heterocycles. The van der Waals surface area contributed by atoms with Crippen molar-refractivity contribution in [3.05, 3.63) is 84.2 Å². The molecule has 0 saturated carbocycles. The summed E-state index contributed by atoms with van der Waals surface area (Å²) >= 11 is 0. The molecule has 2 heterocycles. The van der Waals surface area contributed by atoms with Gasteiger partial charge in [-0.3, -0.25) is 9.78 Å². The Bertz CT molecular complexity index is 1260. The summed E-state index contributed by atoms with van der Waals surface area (Å²) in [5, 5.41) is 14.6. The van der Waals surface area contributed by atoms with Crippen molar-refractivity contribution in [2.24, 2.45) is 5.10 Å². The van der Waals surface area contributed by atoms with Crippen LogP contribution >= 0.6 is 0 Å². The highest BCUT2D eigenvalue weighted by molar-refractivity contribution is 6.07. The van der Waals surface area contributed by atoms with Crippen LogP contribution in [0.1, 0.15) is 22.8 Å². The number of pyridine rings is 2. The third-order valence-electron chi connectivity index (χ3n) is 4.58. The molecule has 2 N–H and O–H groups in total. The molecule has 4 rings (SSSR count). The van der Waals surface area contributed by atoms with Crippen molar-refractivity contribution < 1.29 is 14.6 Å². The summed E-state index contributed by atoms with van der Waals surface area (Å²) < 4.78 is 5.37. The third-order valence-corrected chi connectivity index (χ3v) is 4.58. The van der Waals surface area contributed by atoms with Crippen LogP contribution in [0.25, 0.3) is 22.2 Å². The van der Waals surface area contributed by atoms with Crippen LogP contribution in [0.5, 0.6) is 11.5 Å². The monoisotopic (exact) mass is 412 g/mol. The zero-order valence-corrected chi connectivity index (χ0v) is 16.8. The summed E-state index contributed by atoms with van der Waals surface area (Å²) in [4.78, 5) is 21.7. The van der Waals surface area contributed by atoms with Crippen molar-refractivity contribution in [3.63, 3.8) is 0 Å². The molecule has 0 atom stereocenters. The summed E-state index contributed by atoms with van der Waals surface area (Å²) in [6.07, 6.45) is 4.89. The van der Waals surface area contributed by atoms with Crippen LogP contribution in [-0.4, -0.2) is 33.8 Å². The first kappa shape index (κ1) is 20.0. The number of hydrazone groups is 1. The van der Waals surface area contributed by atoms with E-state index in [4.69, 9.17) is 4.74 Å². The van der Waals surface area contributed by atoms with E-state index < -0.39 is 0 Å². The SMILES string of the molecule is CCOc1cc(/C=N/NC(=O)c2cc(-c3cccnc3)nc3ccccc23)ccc1O. The van der Waals surface area contributed by atoms with Gasteiger partial charge in [0.15, 0.2) is 11.5 Å². The van der Waals surface area contributed by atoms with Gasteiger partial charge in [0.2, 0.25) is 0 Å². The second-order valence-electron chi connectivity index (χ2n) is 6.67. The maximum atomic E-state index is 12.9. The van der Waals surface area contributed by atoms with Crippen LogP contribution in [0.3, 0.4) is 0 Å². The summed E-state index contributed by atoms with van der Waals surface area (Å²) in [5.74, 6) is 0.0528. The number of nitrogens with zero attached hydrogens (tertiary/aromatic N) is 3. The Morgan fingerprint density at radius 1 is 1.16 bits per heavy atom. The van der Waals surface area contributed by atoms with E-state index in [1.807, 2.05) is 43.3 Å². The summed E-state index contributed by atoms with van der Waals surface area (Å²) in [6, 6.07) is 17.7. The third kappa shape index (κ3) is 4.51. The van der Waals surface area contributed by atoms with Crippen molar-refractivity contribution in [3.8, 4) is 22.8 Å². The standard InChI is InChI=1S/C24H20N4O3/c1-2-31-23-12-16(9-10-22(23)29)14-26-28-24(30)19-13-21(17-6-5-11-25-15-17)27-20-8-4-3-7-18(19)20/h3-15,29H,2H2,1H3,(H,28,30)/b26-14+. The number of aromatic hydroxyl groups is 1. The molecular formula is C24H20N4O3. The molecule has 154 valence electrons. The zero-order chi connectivity index (χ0) is 21.6. The van der Waals surface area contributed by atoms with E-state index in [2.05, 4.69) is 20.5 Å². The van der Waals surface area contributed by atoms with Gasteiger partial charge in [-0.15, -0.1) is 0 Å². The van der Waals surface area contributed by atoms with Gasteiger partial charge in [-0.1, -0.05) is 18.2 Å². The zero-order valence-electron chi connectivity index (χ0n) is 16.8. The van der Waals surface area contributed by atoms with Crippen LogP contribution in [0.4, 0.5) is 0 Å². The quantitative estimate of drug-likeness (QED) is 0.366. The molecule has 0 aliphatic carbocycles. The summed E-state index contributed by atoms with van der Waals surface area (Å²) in [6.45, 7) is 2.26. The average molecular weight is 412 g/mol. The minimum Gasteiger partial charge on any atom is -0.504 e. The molecule has 2 aromatic heterocycles. The molecule has 0 aliphatic rings. The minimum atomic E-state index is -0.358. The van der Waals surface area contributed by atoms with E-state index in [-0.39, 0.29) is 11.7 Å². The number of amides is 1. The predicted molar refractivity (Wildman–Crippen MR) is 119 cm³/mol. The molecule has 4 aromatic rings. The summed E-state index contributed by atoms with van der Waals surface area (Å²) in [5.41, 5.74) is 5.88. The number of aromatic nitrogens is 2. The number of ether oxygens (including phenoxy) is 1. The van der Waals surface area contributed by atoms with Crippen LogP contribution in [0, 0.1) is 0 Å². The average Bonchev–Trinajstić information content (AvgIpc) is 2.81. The molecule has 1 amide bonds. The number of carbonyl (C=O) groups excluding carboxylic acids is 1. The number of para-hydroxylation sites is 1. The van der Waals surface area contributed by atoms with Gasteiger partial charge >= 0.3 is 0 Å². The van der Waals surface area contributed by atoms with Crippen molar-refractivity contribution in [2.45, 2.75) is 6.92 Å². The minimum absolute atomic E-state index is 0.0502. The van der Waals surface area contributed by atoms with Gasteiger partial charge in [-0.05, 0) is 55.0 Å². The van der Waals surface area contributed by atoms with Crippen LogP contribution < -0.4 is 10.2 Å². The lowest BCUT2D eigenvalue weighted by atomic mass is 10.0. The maximum Gasteiger partial charge on any atom is 0.272 e. The molecule has 0 radical (unpaired) electrons. The Morgan fingerprint density at radius 2 is 2.03 bits per heavy atom. The lowest BCUT2D eigenvalue weighted by Crippen LogP contribution is -2.18. The largest absolute Gasteiger partial charge is 0.504 e. The highest BCUT2D eigenvalue weighted by Crippen LogP contribution is 2.26. The van der Waals surface area contributed by atoms with Crippen LogP contribution in [0.2, 0.25) is 0 Å². The first-order chi connectivity index (χ1) is 15.2. The Balaban J connectivity index is 1.62. The van der Waals surface area contributed by atoms with Crippen molar-refractivity contribution >= 4 is 23.0 Å². The molecule has 0 unspecified atom stereocenters. The second-order valence-corrected chi connectivity index (χ2v) is 6.67. The van der Waals surface area contributed by atoms with Gasteiger partial charge in [-0.2, -0.15) is 5.10 Å². The van der Waals surface area contributed by atoms with E-state index in [0.717, 1.165) is 10.9 Å². The normalized spacial score (nSPS) is 11.0. The molecule has 7 heteroatoms. The first-order valence-corrected chi connectivity index (χ1v) is 9.75. The molecule has 0 aliphatic heterocycles. The van der Waals surface area contributed by atoms with E-state index in [1.165, 1.54) is 12.3 Å². The van der Waals surface area contributed by atoms with E-state index in [0.29, 0.717) is 34.7 Å². The van der Waals surface area contributed by atoms with Crippen LogP contribution in [-0.2, 0) is 0 Å². The molecule has 31 heavy (non-hydrogen) atoms. The Morgan fingerprint density at radius 3 is 2.84 bits per heavy atom. The van der Waals surface area contributed by atoms with Gasteiger partial charge in [-0.25, -0.2) is 10.4 Å². The highest BCUT2D eigenvalue weighted by atomic mass is 16.5. The highest BCUT2D eigenvalue weighted by Gasteiger charge is 2.13. The van der Waals surface area contributed by atoms with E-state index in [1.54, 1.807) is 30.6 Å². The topological polar surface area (TPSA) is 96.7 Å². The number of phenolic OH excluding ortho intramolecular Hbond substituents is 1. The van der Waals surface area contributed by atoms with Crippen molar-refractivity contribution in [2.75, 3.05) is 6.61 Å². The Hall–Kier alpha value is -4.26. The Labute approximate surface area is 179 Å². The van der Waals surface area contributed by atoms with E-state index >= 15 is 0 Å². The van der Waals surface area contributed by atoms with Gasteiger partial charge in [0.25, 0.3) is 5.91 Å². The lowest BCUT2D eigenvalue weighted by molar-refractivity contribution is 0.0956. The lowest BCUT2D eigenvalue weighted by Gasteiger charge is -2.09. The van der Waals surface area contributed by atoms with Gasteiger partial charge < -0.3 is 9.84 Å². The number of fused-ring (bicyclic) bond motifs is 1. The van der Waals surface area contributed by atoms with Crippen molar-refractivity contribution in [1.29, 1.82) is 0 Å². The Kier molecular flexibility index (Phi) is 5.84. The molecule has 0 spiro atoms. The second kappa shape index (κ2) is 9.04. The fourth-order valence-corrected chi connectivity index (χ4v) is 3.13. The van der Waals surface area contributed by atoms with Crippen LogP contribution in [0.15, 0.2) is 78.2 Å². The molecular weight excluding hydrogens is 392 g/mol. The number of hydrogen-bond donors (Lipinski definition) is 2. The number of carbonyl (C=O) groups is 1. The number of rotatable bonds is 6. The summed E-state index contributed by atoms with van der Waals surface area (Å²) in [7, 11) is 0. The molecule has 0 bridgehead atoms. The van der Waals surface area contributed by atoms with Gasteiger partial charge in [0, 0.05) is 23.3 Å². The molecule has 2 aromatic carbocycles. The number of hydrogen-bond acceptors (Lipinski definition) is 6. The van der Waals surface area contributed by atoms with Gasteiger partial charge in [0.05, 0.1) is 29.6 Å². The smallest absolute Gasteiger partial charge is 0.272 e.